The Labute approximate surface area is 118 Å². The smallest absolute Gasteiger partial charge is 0.268 e. The zero-order valence-electron chi connectivity index (χ0n) is 9.71. The van der Waals surface area contributed by atoms with Gasteiger partial charge in [-0.05, 0) is 34.2 Å². The second kappa shape index (κ2) is 3.85. The van der Waals surface area contributed by atoms with E-state index in [-0.39, 0.29) is 0 Å². The van der Waals surface area contributed by atoms with E-state index < -0.39 is 0 Å². The summed E-state index contributed by atoms with van der Waals surface area (Å²) < 4.78 is 3.23. The lowest BCUT2D eigenvalue weighted by Gasteiger charge is -2.49. The Bertz CT molecular complexity index is 614. The van der Waals surface area contributed by atoms with Crippen molar-refractivity contribution in [2.45, 2.75) is 25.0 Å². The minimum atomic E-state index is 0.294. The van der Waals surface area contributed by atoms with E-state index >= 15 is 0 Å². The molecular weight excluding hydrogens is 309 g/mol. The zero-order valence-corrected chi connectivity index (χ0v) is 12.1. The Morgan fingerprint density at radius 2 is 2.22 bits per heavy atom. The van der Waals surface area contributed by atoms with Crippen molar-refractivity contribution < 1.29 is 0 Å². The number of aromatic nitrogens is 2. The molecule has 0 N–H and O–H groups in total. The summed E-state index contributed by atoms with van der Waals surface area (Å²) >= 11 is 5.16. The predicted molar refractivity (Wildman–Crippen MR) is 76.1 cm³/mol. The van der Waals surface area contributed by atoms with Crippen LogP contribution in [0.15, 0.2) is 16.2 Å². The quantitative estimate of drug-likeness (QED) is 0.755. The van der Waals surface area contributed by atoms with Crippen LogP contribution in [0.3, 0.4) is 0 Å². The monoisotopic (exact) mass is 319 g/mol. The fraction of sp³-hybridized carbons (Fsp3) is 0.500. The molecule has 3 aliphatic rings. The van der Waals surface area contributed by atoms with E-state index in [0.717, 1.165) is 21.4 Å². The van der Waals surface area contributed by atoms with Gasteiger partial charge in [0.15, 0.2) is 4.96 Å². The van der Waals surface area contributed by atoms with Crippen LogP contribution in [0.4, 0.5) is 0 Å². The summed E-state index contributed by atoms with van der Waals surface area (Å²) in [7, 11) is 0. The van der Waals surface area contributed by atoms with Crippen LogP contribution in [0.25, 0.3) is 4.96 Å². The number of rotatable bonds is 1. The fourth-order valence-corrected chi connectivity index (χ4v) is 5.08. The van der Waals surface area contributed by atoms with Gasteiger partial charge in [0.05, 0.1) is 9.48 Å². The summed E-state index contributed by atoms with van der Waals surface area (Å²) in [6, 6.07) is 0. The number of hydrogen-bond donors (Lipinski definition) is 0. The average molecular weight is 320 g/mol. The molecule has 2 saturated heterocycles. The Hall–Kier alpha value is -0.795. The van der Waals surface area contributed by atoms with Crippen molar-refractivity contribution in [3.63, 3.8) is 0 Å². The molecule has 5 rings (SSSR count). The highest BCUT2D eigenvalue weighted by molar-refractivity contribution is 9.11. The van der Waals surface area contributed by atoms with Crippen molar-refractivity contribution in [1.82, 2.24) is 9.38 Å². The van der Waals surface area contributed by atoms with Crippen molar-refractivity contribution in [1.29, 1.82) is 5.26 Å². The summed E-state index contributed by atoms with van der Waals surface area (Å²) in [5.74, 6) is 4.44. The third-order valence-electron chi connectivity index (χ3n) is 4.47. The molecule has 2 aromatic heterocycles. The molecule has 2 bridgehead atoms. The summed E-state index contributed by atoms with van der Waals surface area (Å²) in [5.41, 5.74) is 1.24. The van der Waals surface area contributed by atoms with Gasteiger partial charge in [0.2, 0.25) is 0 Å². The second-order valence-corrected chi connectivity index (χ2v) is 7.86. The normalized spacial score (nSPS) is 30.2. The minimum absolute atomic E-state index is 0.294. The average Bonchev–Trinajstić information content (AvgIpc) is 2.85. The number of halogens is 1. The summed E-state index contributed by atoms with van der Waals surface area (Å²) in [4.78, 5) is 5.83. The summed E-state index contributed by atoms with van der Waals surface area (Å²) in [5, 5.41) is 9.02. The molecule has 90 valence electrons. The lowest BCUT2D eigenvalue weighted by molar-refractivity contribution is 0.155. The van der Waals surface area contributed by atoms with Crippen molar-refractivity contribution in [3.8, 4) is 5.97 Å². The van der Waals surface area contributed by atoms with E-state index in [0.29, 0.717) is 24.5 Å². The van der Waals surface area contributed by atoms with Gasteiger partial charge in [-0.1, -0.05) is 24.0 Å². The number of thiazole rings is 1. The van der Waals surface area contributed by atoms with Gasteiger partial charge < -0.3 is 0 Å². The SMILES string of the molecule is N#CB1CC2CC(C1)C2c1cn2cc(Br)sc2n1. The van der Waals surface area contributed by atoms with Crippen LogP contribution in [0, 0.1) is 23.1 Å². The lowest BCUT2D eigenvalue weighted by Crippen LogP contribution is -2.44. The van der Waals surface area contributed by atoms with Crippen LogP contribution in [-0.4, -0.2) is 16.1 Å². The third kappa shape index (κ3) is 1.50. The molecule has 2 unspecified atom stereocenters. The highest BCUT2D eigenvalue weighted by Crippen LogP contribution is 2.56. The van der Waals surface area contributed by atoms with Crippen molar-refractivity contribution >= 4 is 38.9 Å². The van der Waals surface area contributed by atoms with Crippen LogP contribution >= 0.6 is 27.3 Å². The van der Waals surface area contributed by atoms with Crippen LogP contribution in [0.5, 0.6) is 0 Å². The molecule has 2 aromatic rings. The maximum Gasteiger partial charge on any atom is 0.268 e. The molecule has 3 nitrogen and oxygen atoms in total. The van der Waals surface area contributed by atoms with Gasteiger partial charge in [-0.25, -0.2) is 10.2 Å². The lowest BCUT2D eigenvalue weighted by atomic mass is 9.31. The standard InChI is InChI=1S/C12H11BBrN3S/c14-10-5-17-4-9(16-12(17)18-10)11-7-1-8(11)3-13(2-7)6-15/h4-5,7-8,11H,1-3H2. The van der Waals surface area contributed by atoms with Gasteiger partial charge >= 0.3 is 0 Å². The van der Waals surface area contributed by atoms with Gasteiger partial charge in [-0.3, -0.25) is 4.40 Å². The molecular formula is C12H11BBrN3S. The molecule has 0 spiro atoms. The first-order valence-corrected chi connectivity index (χ1v) is 7.89. The van der Waals surface area contributed by atoms with E-state index in [9.17, 15) is 0 Å². The van der Waals surface area contributed by atoms with Gasteiger partial charge in [0.1, 0.15) is 0 Å². The maximum atomic E-state index is 9.02. The first kappa shape index (κ1) is 11.1. The number of hydrogen-bond acceptors (Lipinski definition) is 3. The highest BCUT2D eigenvalue weighted by Gasteiger charge is 2.50. The number of imidazole rings is 1. The minimum Gasteiger partial charge on any atom is -0.296 e. The molecule has 1 aliphatic carbocycles. The number of nitriles is 1. The van der Waals surface area contributed by atoms with E-state index in [1.54, 1.807) is 11.3 Å². The summed E-state index contributed by atoms with van der Waals surface area (Å²) in [6.07, 6.45) is 7.70. The van der Waals surface area contributed by atoms with E-state index in [2.05, 4.69) is 38.7 Å². The number of nitrogens with zero attached hydrogens (tertiary/aromatic N) is 3. The molecule has 0 amide bonds. The molecule has 0 aromatic carbocycles. The first-order valence-electron chi connectivity index (χ1n) is 6.28. The fourth-order valence-electron chi connectivity index (χ4n) is 3.72. The molecule has 18 heavy (non-hydrogen) atoms. The van der Waals surface area contributed by atoms with Gasteiger partial charge in [0, 0.05) is 24.3 Å². The van der Waals surface area contributed by atoms with Crippen LogP contribution in [-0.2, 0) is 0 Å². The Morgan fingerprint density at radius 1 is 1.44 bits per heavy atom. The van der Waals surface area contributed by atoms with Crippen LogP contribution in [0.1, 0.15) is 18.0 Å². The Morgan fingerprint density at radius 3 is 2.89 bits per heavy atom. The molecule has 3 fully saturated rings. The van der Waals surface area contributed by atoms with Crippen molar-refractivity contribution in [3.05, 3.63) is 21.9 Å². The molecule has 1 saturated carbocycles. The Balaban J connectivity index is 1.65. The van der Waals surface area contributed by atoms with Crippen LogP contribution < -0.4 is 0 Å². The van der Waals surface area contributed by atoms with E-state index in [1.807, 2.05) is 0 Å². The van der Waals surface area contributed by atoms with Crippen LogP contribution in [0.2, 0.25) is 12.6 Å². The van der Waals surface area contributed by atoms with Crippen molar-refractivity contribution in [2.24, 2.45) is 11.8 Å². The third-order valence-corrected chi connectivity index (χ3v) is 5.94. The molecule has 6 heteroatoms. The number of fused-ring (bicyclic) bond motifs is 3. The maximum absolute atomic E-state index is 9.02. The zero-order chi connectivity index (χ0) is 12.3. The topological polar surface area (TPSA) is 41.1 Å². The largest absolute Gasteiger partial charge is 0.296 e. The summed E-state index contributed by atoms with van der Waals surface area (Å²) in [6.45, 7) is 0.294. The van der Waals surface area contributed by atoms with Gasteiger partial charge in [-0.15, -0.1) is 0 Å². The molecule has 4 heterocycles. The van der Waals surface area contributed by atoms with Crippen molar-refractivity contribution in [2.75, 3.05) is 0 Å². The highest BCUT2D eigenvalue weighted by atomic mass is 79.9. The van der Waals surface area contributed by atoms with E-state index in [1.165, 1.54) is 12.1 Å². The van der Waals surface area contributed by atoms with Gasteiger partial charge in [0.25, 0.3) is 6.71 Å². The molecule has 2 atom stereocenters. The second-order valence-electron chi connectivity index (χ2n) is 5.47. The first-order chi connectivity index (χ1) is 8.74. The Kier molecular flexibility index (Phi) is 2.37. The molecule has 2 aliphatic heterocycles. The molecule has 0 radical (unpaired) electrons. The van der Waals surface area contributed by atoms with E-state index in [4.69, 9.17) is 10.2 Å². The predicted octanol–water partition coefficient (Wildman–Crippen LogP) is 3.45. The van der Waals surface area contributed by atoms with Gasteiger partial charge in [-0.2, -0.15) is 0 Å².